The smallest absolute Gasteiger partial charge is 0.309 e. The lowest BCUT2D eigenvalue weighted by atomic mass is 9.94. The molecule has 2 atom stereocenters. The molecule has 1 aliphatic heterocycles. The fraction of sp³-hybridized carbons (Fsp3) is 0.545. The summed E-state index contributed by atoms with van der Waals surface area (Å²) in [5.41, 5.74) is 0. The van der Waals surface area contributed by atoms with Gasteiger partial charge in [-0.25, -0.2) is 0 Å². The maximum atomic E-state index is 11.3. The number of carbonyl (C=O) groups is 1. The molecule has 0 aromatic carbocycles. The zero-order valence-electron chi connectivity index (χ0n) is 8.73. The lowest BCUT2D eigenvalue weighted by molar-refractivity contribution is -0.146. The first-order chi connectivity index (χ1) is 7.31. The fourth-order valence-corrected chi connectivity index (χ4v) is 1.96. The summed E-state index contributed by atoms with van der Waals surface area (Å²) in [6, 6.07) is 4.07. The minimum Gasteiger partial charge on any atom is -0.469 e. The van der Waals surface area contributed by atoms with Gasteiger partial charge in [0.05, 0.1) is 25.3 Å². The molecule has 4 heteroatoms. The van der Waals surface area contributed by atoms with Gasteiger partial charge in [-0.2, -0.15) is 0 Å². The van der Waals surface area contributed by atoms with E-state index in [-0.39, 0.29) is 17.9 Å². The number of piperidine rings is 1. The van der Waals surface area contributed by atoms with Crippen molar-refractivity contribution in [3.8, 4) is 0 Å². The molecule has 1 aromatic heterocycles. The Bertz CT molecular complexity index is 313. The van der Waals surface area contributed by atoms with Gasteiger partial charge in [0.2, 0.25) is 0 Å². The Kier molecular flexibility index (Phi) is 3.06. The van der Waals surface area contributed by atoms with E-state index in [0.717, 1.165) is 18.6 Å². The minimum atomic E-state index is -0.125. The highest BCUT2D eigenvalue weighted by Crippen LogP contribution is 2.26. The standard InChI is InChI=1S/C11H15NO3/c1-14-11(13)8-4-5-9(12-7-8)10-3-2-6-15-10/h2-3,6,8-9,12H,4-5,7H2,1H3. The van der Waals surface area contributed by atoms with Crippen LogP contribution >= 0.6 is 0 Å². The van der Waals surface area contributed by atoms with Gasteiger partial charge in [-0.15, -0.1) is 0 Å². The number of carbonyl (C=O) groups excluding carboxylic acids is 1. The van der Waals surface area contributed by atoms with Crippen LogP contribution in [-0.2, 0) is 9.53 Å². The molecule has 2 heterocycles. The molecular formula is C11H15NO3. The number of hydrogen-bond donors (Lipinski definition) is 1. The maximum absolute atomic E-state index is 11.3. The number of rotatable bonds is 2. The SMILES string of the molecule is COC(=O)C1CCC(c2ccco2)NC1. The van der Waals surface area contributed by atoms with Gasteiger partial charge in [-0.1, -0.05) is 0 Å². The predicted molar refractivity (Wildman–Crippen MR) is 54.2 cm³/mol. The van der Waals surface area contributed by atoms with E-state index in [0.29, 0.717) is 6.54 Å². The second kappa shape index (κ2) is 4.49. The number of furan rings is 1. The van der Waals surface area contributed by atoms with Gasteiger partial charge in [0.15, 0.2) is 0 Å². The summed E-state index contributed by atoms with van der Waals surface area (Å²) in [5.74, 6) is 0.805. The maximum Gasteiger partial charge on any atom is 0.309 e. The highest BCUT2D eigenvalue weighted by atomic mass is 16.5. The Balaban J connectivity index is 1.90. The average molecular weight is 209 g/mol. The predicted octanol–water partition coefficient (Wildman–Crippen LogP) is 1.49. The molecule has 1 aliphatic rings. The molecule has 4 nitrogen and oxygen atoms in total. The highest BCUT2D eigenvalue weighted by molar-refractivity contribution is 5.72. The van der Waals surface area contributed by atoms with Crippen molar-refractivity contribution in [3.63, 3.8) is 0 Å². The molecule has 1 N–H and O–H groups in total. The summed E-state index contributed by atoms with van der Waals surface area (Å²) in [5, 5.41) is 3.29. The first-order valence-electron chi connectivity index (χ1n) is 5.16. The van der Waals surface area contributed by atoms with Gasteiger partial charge in [-0.3, -0.25) is 4.79 Å². The molecule has 2 rings (SSSR count). The molecule has 0 spiro atoms. The van der Waals surface area contributed by atoms with Crippen LogP contribution in [-0.4, -0.2) is 19.6 Å². The zero-order chi connectivity index (χ0) is 10.7. The quantitative estimate of drug-likeness (QED) is 0.750. The van der Waals surface area contributed by atoms with Crippen molar-refractivity contribution in [1.82, 2.24) is 5.32 Å². The summed E-state index contributed by atoms with van der Waals surface area (Å²) in [6.07, 6.45) is 3.43. The van der Waals surface area contributed by atoms with Crippen molar-refractivity contribution in [2.24, 2.45) is 5.92 Å². The van der Waals surface area contributed by atoms with Crippen LogP contribution in [0.1, 0.15) is 24.6 Å². The molecule has 15 heavy (non-hydrogen) atoms. The molecule has 2 unspecified atom stereocenters. The third-order valence-electron chi connectivity index (χ3n) is 2.84. The van der Waals surface area contributed by atoms with Crippen LogP contribution in [0.2, 0.25) is 0 Å². The Morgan fingerprint density at radius 3 is 3.00 bits per heavy atom. The van der Waals surface area contributed by atoms with Crippen molar-refractivity contribution >= 4 is 5.97 Å². The van der Waals surface area contributed by atoms with Gasteiger partial charge in [0.25, 0.3) is 0 Å². The summed E-state index contributed by atoms with van der Waals surface area (Å²) >= 11 is 0. The zero-order valence-corrected chi connectivity index (χ0v) is 8.73. The van der Waals surface area contributed by atoms with Crippen molar-refractivity contribution in [2.45, 2.75) is 18.9 Å². The minimum absolute atomic E-state index is 0.0128. The monoisotopic (exact) mass is 209 g/mol. The molecule has 0 saturated carbocycles. The second-order valence-electron chi connectivity index (χ2n) is 3.77. The molecule has 0 bridgehead atoms. The van der Waals surface area contributed by atoms with Crippen LogP contribution in [0.3, 0.4) is 0 Å². The van der Waals surface area contributed by atoms with Crippen molar-refractivity contribution < 1.29 is 13.9 Å². The Morgan fingerprint density at radius 1 is 1.60 bits per heavy atom. The fourth-order valence-electron chi connectivity index (χ4n) is 1.96. The van der Waals surface area contributed by atoms with E-state index in [1.165, 1.54) is 7.11 Å². The topological polar surface area (TPSA) is 51.5 Å². The molecular weight excluding hydrogens is 194 g/mol. The third-order valence-corrected chi connectivity index (χ3v) is 2.84. The molecule has 82 valence electrons. The summed E-state index contributed by atoms with van der Waals surface area (Å²) in [4.78, 5) is 11.3. The van der Waals surface area contributed by atoms with E-state index in [4.69, 9.17) is 9.15 Å². The van der Waals surface area contributed by atoms with Gasteiger partial charge in [0, 0.05) is 6.54 Å². The second-order valence-corrected chi connectivity index (χ2v) is 3.77. The average Bonchev–Trinajstić information content (AvgIpc) is 2.82. The van der Waals surface area contributed by atoms with Crippen molar-refractivity contribution in [1.29, 1.82) is 0 Å². The number of esters is 1. The highest BCUT2D eigenvalue weighted by Gasteiger charge is 2.28. The van der Waals surface area contributed by atoms with Crippen molar-refractivity contribution in [3.05, 3.63) is 24.2 Å². The number of ether oxygens (including phenoxy) is 1. The lowest BCUT2D eigenvalue weighted by Gasteiger charge is -2.26. The number of nitrogens with one attached hydrogen (secondary N) is 1. The lowest BCUT2D eigenvalue weighted by Crippen LogP contribution is -2.37. The first kappa shape index (κ1) is 10.2. The third kappa shape index (κ3) is 2.21. The summed E-state index contributed by atoms with van der Waals surface area (Å²) in [6.45, 7) is 0.665. The largest absolute Gasteiger partial charge is 0.469 e. The van der Waals surface area contributed by atoms with Gasteiger partial charge in [-0.05, 0) is 25.0 Å². The summed E-state index contributed by atoms with van der Waals surface area (Å²) in [7, 11) is 1.43. The van der Waals surface area contributed by atoms with Crippen LogP contribution in [0.15, 0.2) is 22.8 Å². The van der Waals surface area contributed by atoms with E-state index in [1.807, 2.05) is 12.1 Å². The van der Waals surface area contributed by atoms with Crippen molar-refractivity contribution in [2.75, 3.05) is 13.7 Å². The van der Waals surface area contributed by atoms with Gasteiger partial charge in [0.1, 0.15) is 5.76 Å². The van der Waals surface area contributed by atoms with E-state index in [9.17, 15) is 4.79 Å². The Labute approximate surface area is 88.6 Å². The molecule has 1 fully saturated rings. The van der Waals surface area contributed by atoms with Crippen LogP contribution in [0, 0.1) is 5.92 Å². The number of methoxy groups -OCH3 is 1. The van der Waals surface area contributed by atoms with Crippen LogP contribution < -0.4 is 5.32 Å². The molecule has 0 amide bonds. The summed E-state index contributed by atoms with van der Waals surface area (Å²) < 4.78 is 10.0. The van der Waals surface area contributed by atoms with E-state index >= 15 is 0 Å². The molecule has 1 aromatic rings. The molecule has 0 aliphatic carbocycles. The van der Waals surface area contributed by atoms with E-state index in [2.05, 4.69) is 5.32 Å². The molecule has 1 saturated heterocycles. The number of hydrogen-bond acceptors (Lipinski definition) is 4. The van der Waals surface area contributed by atoms with Crippen LogP contribution in [0.25, 0.3) is 0 Å². The first-order valence-corrected chi connectivity index (χ1v) is 5.16. The van der Waals surface area contributed by atoms with E-state index in [1.54, 1.807) is 6.26 Å². The Hall–Kier alpha value is -1.29. The van der Waals surface area contributed by atoms with Gasteiger partial charge < -0.3 is 14.5 Å². The van der Waals surface area contributed by atoms with Crippen LogP contribution in [0.5, 0.6) is 0 Å². The Morgan fingerprint density at radius 2 is 2.47 bits per heavy atom. The van der Waals surface area contributed by atoms with E-state index < -0.39 is 0 Å². The molecule has 0 radical (unpaired) electrons. The van der Waals surface area contributed by atoms with Crippen LogP contribution in [0.4, 0.5) is 0 Å². The normalized spacial score (nSPS) is 26.2. The van der Waals surface area contributed by atoms with Gasteiger partial charge >= 0.3 is 5.97 Å².